The molecule has 0 aromatic carbocycles. The van der Waals surface area contributed by atoms with E-state index in [-0.39, 0.29) is 55.0 Å². The molecule has 0 radical (unpaired) electrons. The molecule has 82 heavy (non-hydrogen) atoms. The van der Waals surface area contributed by atoms with Crippen LogP contribution >= 0.6 is 0 Å². The van der Waals surface area contributed by atoms with Crippen molar-refractivity contribution in [3.8, 4) is 0 Å². The number of carbonyl (C=O) groups is 4. The van der Waals surface area contributed by atoms with Crippen molar-refractivity contribution in [3.05, 3.63) is 11.6 Å². The maximum absolute atomic E-state index is 15.7. The van der Waals surface area contributed by atoms with Crippen LogP contribution < -0.4 is 0 Å². The number of aliphatic hydroxyl groups is 10. The highest BCUT2D eigenvalue weighted by Gasteiger charge is 2.71. The number of rotatable bonds is 13. The van der Waals surface area contributed by atoms with Crippen molar-refractivity contribution >= 4 is 23.9 Å². The van der Waals surface area contributed by atoms with E-state index < -0.39 is 187 Å². The Morgan fingerprint density at radius 3 is 1.83 bits per heavy atom. The van der Waals surface area contributed by atoms with Crippen LogP contribution in [0.4, 0.5) is 0 Å². The van der Waals surface area contributed by atoms with Gasteiger partial charge in [0.15, 0.2) is 37.2 Å². The summed E-state index contributed by atoms with van der Waals surface area (Å²) in [5.74, 6) is -3.64. The van der Waals surface area contributed by atoms with Crippen LogP contribution in [0, 0.1) is 50.2 Å². The van der Waals surface area contributed by atoms with Gasteiger partial charge in [-0.05, 0) is 117 Å². The Labute approximate surface area is 476 Å². The Morgan fingerprint density at radius 2 is 1.20 bits per heavy atom. The highest BCUT2D eigenvalue weighted by molar-refractivity contribution is 5.81. The van der Waals surface area contributed by atoms with Crippen molar-refractivity contribution < 1.29 is 123 Å². The van der Waals surface area contributed by atoms with Crippen LogP contribution in [0.15, 0.2) is 11.6 Å². The van der Waals surface area contributed by atoms with Gasteiger partial charge in [-0.25, -0.2) is 0 Å². The molecule has 4 aliphatic heterocycles. The molecule has 28 atom stereocenters. The number of hydrogen-bond acceptors (Lipinski definition) is 24. The fourth-order valence-corrected chi connectivity index (χ4v) is 16.8. The van der Waals surface area contributed by atoms with Crippen LogP contribution in [0.5, 0.6) is 0 Å². The van der Waals surface area contributed by atoms with Gasteiger partial charge in [0.2, 0.25) is 6.29 Å². The molecule has 9 aliphatic rings. The molecule has 466 valence electrons. The van der Waals surface area contributed by atoms with E-state index in [0.717, 1.165) is 24.8 Å². The Kier molecular flexibility index (Phi) is 18.0. The SMILES string of the molecule is CC(=O)O[C@@H]1[C@@H](O)[C@H](O[C@H]2CC[C@@]3(C)C(CC[C@]4(C)[C@@H]3CC=C3[C@H]5CC(C)(C(=O)O)CC[C@]5(C(=O)O[C@H]5O[C@H](CO)[C@@H](O)[C@H](O[C@@H]6O[C@@H](C)[C@H](O)[C@@H](O)[C@H]6O)[C@H]5O[C@H]5O[C@H](CO)[C@@H](O)[C@H](O)[C@H]5O)CC[C@]34C)C2(C)C)OC[C@@H]1OC(C)=O. The lowest BCUT2D eigenvalue weighted by molar-refractivity contribution is -0.387. The number of carboxylic acid groups (broad SMARTS) is 1. The standard InChI is InChI=1S/C57H88O25/c1-24-35(62)38(65)40(67)47(74-24)80-44-37(64)30(22-59)78-49(45(44)81-48-41(68)39(66)36(63)29(21-58)77-48)82-51(72)57-18-16-53(6,50(70)71)20-28(57)27-10-11-33-54(7)14-13-34(52(4,5)32(54)12-15-56(33,9)55(27,8)17-19-57)79-46-42(69)43(76-26(3)61)31(23-73-46)75-25(2)60/h10,24,28-49,58-59,62-69H,11-23H2,1-9H3,(H,70,71)/t24-,28+,29+,30+,31-,32?,33+,34-,35-,36+,37+,38+,39-,40+,41+,42+,43-,44-,45+,46-,47-,48+,49+,53?,54-,55+,56+,57-/m0/s1. The van der Waals surface area contributed by atoms with Crippen LogP contribution in [0.1, 0.15) is 127 Å². The van der Waals surface area contributed by atoms with E-state index in [9.17, 15) is 70.6 Å². The number of carboxylic acids is 1. The highest BCUT2D eigenvalue weighted by Crippen LogP contribution is 2.76. The number of hydrogen-bond donors (Lipinski definition) is 11. The Hall–Kier alpha value is -3.06. The third-order valence-corrected chi connectivity index (χ3v) is 21.9. The molecular weight excluding hydrogens is 1080 g/mol. The van der Waals surface area contributed by atoms with E-state index in [1.54, 1.807) is 6.92 Å². The van der Waals surface area contributed by atoms with Crippen molar-refractivity contribution in [2.24, 2.45) is 50.2 Å². The molecule has 4 heterocycles. The summed E-state index contributed by atoms with van der Waals surface area (Å²) in [7, 11) is 0. The second kappa shape index (κ2) is 23.2. The summed E-state index contributed by atoms with van der Waals surface area (Å²) in [6.45, 7) is 14.8. The van der Waals surface area contributed by atoms with Crippen molar-refractivity contribution in [1.82, 2.24) is 0 Å². The highest BCUT2D eigenvalue weighted by atomic mass is 16.8. The van der Waals surface area contributed by atoms with Crippen molar-refractivity contribution in [2.75, 3.05) is 19.8 Å². The first kappa shape index (κ1) is 63.4. The molecule has 0 aromatic rings. The predicted octanol–water partition coefficient (Wildman–Crippen LogP) is -0.162. The lowest BCUT2D eigenvalue weighted by Gasteiger charge is -2.71. The molecule has 0 amide bonds. The summed E-state index contributed by atoms with van der Waals surface area (Å²) >= 11 is 0. The number of esters is 3. The van der Waals surface area contributed by atoms with Crippen LogP contribution in [0.25, 0.3) is 0 Å². The van der Waals surface area contributed by atoms with Crippen LogP contribution in [0.3, 0.4) is 0 Å². The van der Waals surface area contributed by atoms with Gasteiger partial charge < -0.3 is 104 Å². The second-order valence-corrected chi connectivity index (χ2v) is 26.7. The molecule has 0 bridgehead atoms. The summed E-state index contributed by atoms with van der Waals surface area (Å²) in [5.41, 5.74) is -3.42. The average Bonchev–Trinajstić information content (AvgIpc) is 1.14. The van der Waals surface area contributed by atoms with Crippen molar-refractivity contribution in [2.45, 2.75) is 249 Å². The van der Waals surface area contributed by atoms with Crippen LogP contribution in [-0.4, -0.2) is 223 Å². The van der Waals surface area contributed by atoms with Gasteiger partial charge >= 0.3 is 23.9 Å². The first-order valence-electron chi connectivity index (χ1n) is 29.0. The lowest BCUT2D eigenvalue weighted by atomic mass is 9.33. The molecular formula is C57H88O25. The molecule has 2 unspecified atom stereocenters. The molecule has 0 spiro atoms. The van der Waals surface area contributed by atoms with E-state index >= 15 is 4.79 Å². The van der Waals surface area contributed by atoms with Gasteiger partial charge in [-0.15, -0.1) is 0 Å². The topological polar surface area (TPSA) is 383 Å². The quantitative estimate of drug-likeness (QED) is 0.0494. The fraction of sp³-hybridized carbons (Fsp3) is 0.895. The fourth-order valence-electron chi connectivity index (χ4n) is 16.8. The molecule has 0 aromatic heterocycles. The Bertz CT molecular complexity index is 2390. The van der Waals surface area contributed by atoms with Gasteiger partial charge in [-0.1, -0.05) is 46.3 Å². The predicted molar refractivity (Wildman–Crippen MR) is 276 cm³/mol. The smallest absolute Gasteiger partial charge is 0.315 e. The molecule has 25 heteroatoms. The molecule has 5 aliphatic carbocycles. The summed E-state index contributed by atoms with van der Waals surface area (Å²) in [5, 5.41) is 120. The summed E-state index contributed by atoms with van der Waals surface area (Å²) < 4.78 is 59.8. The van der Waals surface area contributed by atoms with Gasteiger partial charge in [0.05, 0.1) is 42.9 Å². The zero-order valence-corrected chi connectivity index (χ0v) is 48.2. The third kappa shape index (κ3) is 10.6. The molecule has 8 fully saturated rings. The number of aliphatic carboxylic acids is 1. The van der Waals surface area contributed by atoms with Gasteiger partial charge in [0.1, 0.15) is 67.1 Å². The minimum atomic E-state index is -2.03. The number of allylic oxidation sites excluding steroid dienone is 2. The molecule has 11 N–H and O–H groups in total. The maximum Gasteiger partial charge on any atom is 0.315 e. The zero-order valence-electron chi connectivity index (χ0n) is 48.2. The minimum absolute atomic E-state index is 0.0594. The zero-order chi connectivity index (χ0) is 60.1. The van der Waals surface area contributed by atoms with Crippen molar-refractivity contribution in [3.63, 3.8) is 0 Å². The molecule has 4 saturated carbocycles. The van der Waals surface area contributed by atoms with Crippen LogP contribution in [-0.2, 0) is 66.5 Å². The monoisotopic (exact) mass is 1170 g/mol. The first-order chi connectivity index (χ1) is 38.3. The normalized spacial score (nSPS) is 50.9. The van der Waals surface area contributed by atoms with Gasteiger partial charge in [0.25, 0.3) is 0 Å². The molecule has 4 saturated heterocycles. The summed E-state index contributed by atoms with van der Waals surface area (Å²) in [4.78, 5) is 53.1. The first-order valence-corrected chi connectivity index (χ1v) is 29.0. The van der Waals surface area contributed by atoms with Crippen molar-refractivity contribution in [1.29, 1.82) is 0 Å². The second-order valence-electron chi connectivity index (χ2n) is 26.7. The summed E-state index contributed by atoms with van der Waals surface area (Å²) in [6, 6.07) is 0. The van der Waals surface area contributed by atoms with Gasteiger partial charge in [-0.2, -0.15) is 0 Å². The number of ether oxygens (including phenoxy) is 10. The lowest BCUT2D eigenvalue weighted by Crippen LogP contribution is -2.68. The summed E-state index contributed by atoms with van der Waals surface area (Å²) in [6.07, 6.45) is -25.4. The number of carbonyl (C=O) groups excluding carboxylic acids is 3. The van der Waals surface area contributed by atoms with E-state index in [0.29, 0.717) is 19.3 Å². The third-order valence-electron chi connectivity index (χ3n) is 21.9. The van der Waals surface area contributed by atoms with E-state index in [1.165, 1.54) is 20.8 Å². The maximum atomic E-state index is 15.7. The van der Waals surface area contributed by atoms with E-state index in [4.69, 9.17) is 47.4 Å². The van der Waals surface area contributed by atoms with Gasteiger partial charge in [0, 0.05) is 13.8 Å². The largest absolute Gasteiger partial charge is 0.481 e. The van der Waals surface area contributed by atoms with Crippen LogP contribution in [0.2, 0.25) is 0 Å². The molecule has 25 nitrogen and oxygen atoms in total. The number of fused-ring (bicyclic) bond motifs is 7. The minimum Gasteiger partial charge on any atom is -0.481 e. The Morgan fingerprint density at radius 1 is 0.598 bits per heavy atom. The van der Waals surface area contributed by atoms with E-state index in [1.807, 2.05) is 0 Å². The molecule has 9 rings (SSSR count). The van der Waals surface area contributed by atoms with Gasteiger partial charge in [-0.3, -0.25) is 19.2 Å². The number of aliphatic hydroxyl groups excluding tert-OH is 10. The average molecular weight is 1170 g/mol. The van der Waals surface area contributed by atoms with E-state index in [2.05, 4.69) is 40.7 Å². The Balaban J connectivity index is 1.02.